The van der Waals surface area contributed by atoms with E-state index in [1.54, 1.807) is 0 Å². The number of halogens is 4. The third-order valence-electron chi connectivity index (χ3n) is 1.02. The van der Waals surface area contributed by atoms with Gasteiger partial charge in [0.1, 0.15) is 6.10 Å². The summed E-state index contributed by atoms with van der Waals surface area (Å²) in [5, 5.41) is 17.7. The van der Waals surface area contributed by atoms with Crippen molar-refractivity contribution in [3.63, 3.8) is 0 Å². The van der Waals surface area contributed by atoms with Crippen LogP contribution in [0.4, 0.5) is 17.3 Å². The fourth-order valence-electron chi connectivity index (χ4n) is 0.608. The van der Waals surface area contributed by atoms with Crippen molar-refractivity contribution in [1.29, 1.82) is 0 Å². The summed E-state index contributed by atoms with van der Waals surface area (Å²) in [6.07, 6.45) is 2.06. The zero-order valence-corrected chi connectivity index (χ0v) is 7.11. The van der Waals surface area contributed by atoms with Crippen molar-refractivity contribution in [1.82, 2.24) is 9.71 Å². The second kappa shape index (κ2) is 4.84. The first-order valence-corrected chi connectivity index (χ1v) is 3.49. The molecule has 0 saturated heterocycles. The number of aliphatic hydroxyl groups excluding tert-OH is 1. The average molecular weight is 215 g/mol. The van der Waals surface area contributed by atoms with Crippen LogP contribution in [-0.2, 0) is 0 Å². The third kappa shape index (κ3) is 6.29. The fraction of sp³-hybridized carbons (Fsp3) is 0.400. The van der Waals surface area contributed by atoms with E-state index in [9.17, 15) is 17.3 Å². The van der Waals surface area contributed by atoms with Gasteiger partial charge in [0.2, 0.25) is 0 Å². The van der Waals surface area contributed by atoms with Crippen molar-refractivity contribution in [3.8, 4) is 0 Å². The third-order valence-corrected chi connectivity index (χ3v) is 1.02. The van der Waals surface area contributed by atoms with Crippen molar-refractivity contribution in [3.05, 3.63) is 18.2 Å². The van der Waals surface area contributed by atoms with Gasteiger partial charge in [-0.3, -0.25) is 0 Å². The van der Waals surface area contributed by atoms with E-state index in [2.05, 4.69) is 4.98 Å². The Morgan fingerprint density at radius 2 is 1.86 bits per heavy atom. The number of aliphatic hydroxyl groups is 1. The Kier molecular flexibility index (Phi) is 4.41. The minimum Gasteiger partial charge on any atom is -0.427 e. The van der Waals surface area contributed by atoms with E-state index in [0.717, 1.165) is 4.73 Å². The SMILES string of the molecule is CC(O)c1nccn1O.F[B-](F)(F)F. The zero-order chi connectivity index (χ0) is 11.4. The predicted molar refractivity (Wildman–Crippen MR) is 40.2 cm³/mol. The van der Waals surface area contributed by atoms with Crippen LogP contribution in [0.15, 0.2) is 12.4 Å². The van der Waals surface area contributed by atoms with E-state index in [1.165, 1.54) is 19.3 Å². The lowest BCUT2D eigenvalue weighted by atomic mass is 10.3. The van der Waals surface area contributed by atoms with Gasteiger partial charge in [0, 0.05) is 6.20 Å². The van der Waals surface area contributed by atoms with Gasteiger partial charge in [0.25, 0.3) is 0 Å². The average Bonchev–Trinajstić information content (AvgIpc) is 2.30. The standard InChI is InChI=1S/C5H8N2O2.BF4/c1-4(8)5-6-2-3-7(5)9;2-1(3,4)5/h2-4,8-9H,1H3;/q;-1. The molecule has 4 nitrogen and oxygen atoms in total. The van der Waals surface area contributed by atoms with Gasteiger partial charge >= 0.3 is 7.25 Å². The summed E-state index contributed by atoms with van der Waals surface area (Å²) in [6.45, 7) is 1.54. The lowest BCUT2D eigenvalue weighted by molar-refractivity contribution is 0.121. The molecule has 0 saturated carbocycles. The summed E-state index contributed by atoms with van der Waals surface area (Å²) in [4.78, 5) is 3.68. The van der Waals surface area contributed by atoms with Crippen LogP contribution in [0, 0.1) is 0 Å². The van der Waals surface area contributed by atoms with Crippen molar-refractivity contribution in [2.24, 2.45) is 0 Å². The van der Waals surface area contributed by atoms with Crippen LogP contribution in [0.2, 0.25) is 0 Å². The van der Waals surface area contributed by atoms with E-state index in [1.807, 2.05) is 0 Å². The van der Waals surface area contributed by atoms with Crippen molar-refractivity contribution >= 4 is 7.25 Å². The van der Waals surface area contributed by atoms with E-state index in [0.29, 0.717) is 0 Å². The van der Waals surface area contributed by atoms with E-state index in [-0.39, 0.29) is 5.82 Å². The first-order valence-electron chi connectivity index (χ1n) is 3.49. The van der Waals surface area contributed by atoms with Crippen LogP contribution in [0.3, 0.4) is 0 Å². The van der Waals surface area contributed by atoms with Crippen molar-refractivity contribution in [2.75, 3.05) is 0 Å². The summed E-state index contributed by atoms with van der Waals surface area (Å²) in [5.41, 5.74) is 0. The first-order chi connectivity index (χ1) is 6.22. The Balaban J connectivity index is 0.000000292. The highest BCUT2D eigenvalue weighted by Gasteiger charge is 2.20. The molecular weight excluding hydrogens is 207 g/mol. The molecule has 0 spiro atoms. The number of imidazole rings is 1. The Labute approximate surface area is 76.9 Å². The lowest BCUT2D eigenvalue weighted by Crippen LogP contribution is -2.02. The van der Waals surface area contributed by atoms with E-state index in [4.69, 9.17) is 10.3 Å². The van der Waals surface area contributed by atoms with Gasteiger partial charge in [-0.05, 0) is 6.92 Å². The largest absolute Gasteiger partial charge is 0.673 e. The van der Waals surface area contributed by atoms with E-state index >= 15 is 0 Å². The molecule has 2 N–H and O–H groups in total. The summed E-state index contributed by atoms with van der Waals surface area (Å²) in [5.74, 6) is 0.259. The number of rotatable bonds is 1. The second-order valence-corrected chi connectivity index (χ2v) is 2.30. The van der Waals surface area contributed by atoms with Gasteiger partial charge in [-0.2, -0.15) is 4.73 Å². The van der Waals surface area contributed by atoms with Gasteiger partial charge in [-0.1, -0.05) is 0 Å². The van der Waals surface area contributed by atoms with Crippen LogP contribution in [0.5, 0.6) is 0 Å². The minimum atomic E-state index is -6.00. The number of aromatic nitrogens is 2. The summed E-state index contributed by atoms with van der Waals surface area (Å²) >= 11 is 0. The number of hydrogen-bond acceptors (Lipinski definition) is 3. The van der Waals surface area contributed by atoms with Crippen LogP contribution >= 0.6 is 0 Å². The number of hydrogen-bond donors (Lipinski definition) is 2. The molecule has 9 heteroatoms. The maximum atomic E-state index is 9.75. The molecule has 14 heavy (non-hydrogen) atoms. The molecule has 0 fully saturated rings. The summed E-state index contributed by atoms with van der Waals surface area (Å²) in [7, 11) is -6.00. The zero-order valence-electron chi connectivity index (χ0n) is 7.11. The predicted octanol–water partition coefficient (Wildman–Crippen LogP) is 1.47. The van der Waals surface area contributed by atoms with Crippen LogP contribution in [0.25, 0.3) is 0 Å². The van der Waals surface area contributed by atoms with Gasteiger partial charge < -0.3 is 27.6 Å². The Hall–Kier alpha value is -1.25. The monoisotopic (exact) mass is 215 g/mol. The Morgan fingerprint density at radius 3 is 2.00 bits per heavy atom. The maximum Gasteiger partial charge on any atom is 0.673 e. The molecule has 0 amide bonds. The Bertz CT molecular complexity index is 269. The molecule has 0 aromatic carbocycles. The van der Waals surface area contributed by atoms with Gasteiger partial charge in [0.05, 0.1) is 6.20 Å². The van der Waals surface area contributed by atoms with E-state index < -0.39 is 13.4 Å². The highest BCUT2D eigenvalue weighted by molar-refractivity contribution is 6.50. The Morgan fingerprint density at radius 1 is 1.43 bits per heavy atom. The molecule has 0 aliphatic carbocycles. The molecule has 82 valence electrons. The smallest absolute Gasteiger partial charge is 0.427 e. The van der Waals surface area contributed by atoms with Crippen molar-refractivity contribution < 1.29 is 27.6 Å². The van der Waals surface area contributed by atoms with Crippen LogP contribution < -0.4 is 0 Å². The molecule has 1 heterocycles. The molecule has 0 aliphatic rings. The van der Waals surface area contributed by atoms with Gasteiger partial charge in [-0.25, -0.2) is 4.98 Å². The quantitative estimate of drug-likeness (QED) is 0.423. The fourth-order valence-corrected chi connectivity index (χ4v) is 0.608. The molecule has 1 atom stereocenters. The lowest BCUT2D eigenvalue weighted by Gasteiger charge is -2.00. The topological polar surface area (TPSA) is 58.3 Å². The van der Waals surface area contributed by atoms with Crippen molar-refractivity contribution in [2.45, 2.75) is 13.0 Å². The molecule has 1 aromatic heterocycles. The normalized spacial score (nSPS) is 13.0. The minimum absolute atomic E-state index is 0.259. The molecule has 1 rings (SSSR count). The highest BCUT2D eigenvalue weighted by atomic mass is 19.5. The summed E-state index contributed by atoms with van der Waals surface area (Å²) < 4.78 is 39.8. The molecule has 0 bridgehead atoms. The van der Waals surface area contributed by atoms with Gasteiger partial charge in [0.15, 0.2) is 5.82 Å². The second-order valence-electron chi connectivity index (χ2n) is 2.30. The molecule has 0 aliphatic heterocycles. The molecule has 1 aromatic rings. The first kappa shape index (κ1) is 12.8. The highest BCUT2D eigenvalue weighted by Crippen LogP contribution is 2.06. The molecule has 1 unspecified atom stereocenters. The molecule has 0 radical (unpaired) electrons. The van der Waals surface area contributed by atoms with Crippen LogP contribution in [-0.4, -0.2) is 27.3 Å². The van der Waals surface area contributed by atoms with Gasteiger partial charge in [-0.15, -0.1) is 0 Å². The number of nitrogens with zero attached hydrogens (tertiary/aromatic N) is 2. The van der Waals surface area contributed by atoms with Crippen LogP contribution in [0.1, 0.15) is 18.9 Å². The molecular formula is C5H8BF4N2O2-. The maximum absolute atomic E-state index is 9.75. The summed E-state index contributed by atoms with van der Waals surface area (Å²) in [6, 6.07) is 0.